The van der Waals surface area contributed by atoms with Crippen LogP contribution in [0.2, 0.25) is 0 Å². The van der Waals surface area contributed by atoms with Crippen molar-refractivity contribution >= 4 is 11.9 Å². The highest BCUT2D eigenvalue weighted by molar-refractivity contribution is 5.80. The van der Waals surface area contributed by atoms with Gasteiger partial charge in [0.25, 0.3) is 0 Å². The number of aromatic nitrogens is 2. The van der Waals surface area contributed by atoms with Crippen LogP contribution in [0, 0.1) is 0 Å². The van der Waals surface area contributed by atoms with Crippen molar-refractivity contribution in [3.63, 3.8) is 0 Å². The molecule has 31 heavy (non-hydrogen) atoms. The topological polar surface area (TPSA) is 75.1 Å². The summed E-state index contributed by atoms with van der Waals surface area (Å²) in [5.74, 6) is 2.63. The molecule has 8 heteroatoms. The zero-order chi connectivity index (χ0) is 21.5. The van der Waals surface area contributed by atoms with Crippen LogP contribution < -0.4 is 15.0 Å². The lowest BCUT2D eigenvalue weighted by atomic mass is 9.74. The Hall–Kier alpha value is -2.87. The molecule has 4 rings (SSSR count). The first kappa shape index (κ1) is 21.4. The predicted octanol–water partition coefficient (Wildman–Crippen LogP) is 1.93. The highest BCUT2D eigenvalue weighted by Gasteiger charge is 2.35. The molecule has 0 bridgehead atoms. The van der Waals surface area contributed by atoms with Crippen molar-refractivity contribution in [1.29, 1.82) is 0 Å². The quantitative estimate of drug-likeness (QED) is 0.581. The van der Waals surface area contributed by atoms with E-state index in [4.69, 9.17) is 9.47 Å². The molecule has 0 aliphatic carbocycles. The van der Waals surface area contributed by atoms with Gasteiger partial charge in [0, 0.05) is 70.8 Å². The molecule has 0 amide bonds. The van der Waals surface area contributed by atoms with Gasteiger partial charge < -0.3 is 24.6 Å². The third-order valence-electron chi connectivity index (χ3n) is 6.36. The number of methoxy groups -OCH3 is 1. The smallest absolute Gasteiger partial charge is 0.225 e. The predicted molar refractivity (Wildman–Crippen MR) is 122 cm³/mol. The maximum atomic E-state index is 5.68. The summed E-state index contributed by atoms with van der Waals surface area (Å²) in [5.41, 5.74) is 1.35. The Morgan fingerprint density at radius 1 is 1.10 bits per heavy atom. The van der Waals surface area contributed by atoms with E-state index < -0.39 is 0 Å². The molecule has 2 saturated heterocycles. The highest BCUT2D eigenvalue weighted by atomic mass is 16.5. The van der Waals surface area contributed by atoms with Gasteiger partial charge >= 0.3 is 0 Å². The first-order chi connectivity index (χ1) is 15.2. The molecular formula is C23H32N6O2. The molecule has 1 aromatic heterocycles. The van der Waals surface area contributed by atoms with Gasteiger partial charge in [0.1, 0.15) is 5.75 Å². The molecule has 0 unspecified atom stereocenters. The normalized spacial score (nSPS) is 19.2. The third kappa shape index (κ3) is 4.90. The van der Waals surface area contributed by atoms with Crippen molar-refractivity contribution in [3.8, 4) is 5.75 Å². The monoisotopic (exact) mass is 424 g/mol. The Balaban J connectivity index is 1.40. The Bertz CT molecular complexity index is 844. The number of rotatable bonds is 5. The number of aliphatic imine (C=N–C) groups is 1. The average molecular weight is 425 g/mol. The number of nitrogens with one attached hydrogen (secondary N) is 1. The summed E-state index contributed by atoms with van der Waals surface area (Å²) in [6.45, 7) is 5.92. The van der Waals surface area contributed by atoms with Gasteiger partial charge in [-0.25, -0.2) is 9.97 Å². The molecule has 1 aromatic carbocycles. The molecular weight excluding hydrogens is 392 g/mol. The van der Waals surface area contributed by atoms with E-state index in [2.05, 4.69) is 42.2 Å². The minimum Gasteiger partial charge on any atom is -0.497 e. The van der Waals surface area contributed by atoms with E-state index in [0.29, 0.717) is 0 Å². The molecule has 0 spiro atoms. The van der Waals surface area contributed by atoms with Gasteiger partial charge in [-0.2, -0.15) is 0 Å². The van der Waals surface area contributed by atoms with Gasteiger partial charge in [-0.1, -0.05) is 12.1 Å². The fourth-order valence-electron chi connectivity index (χ4n) is 4.43. The molecule has 2 aromatic rings. The van der Waals surface area contributed by atoms with Crippen LogP contribution in [0.5, 0.6) is 5.75 Å². The molecule has 166 valence electrons. The summed E-state index contributed by atoms with van der Waals surface area (Å²) in [6.07, 6.45) is 5.56. The minimum absolute atomic E-state index is 0.0279. The zero-order valence-corrected chi connectivity index (χ0v) is 18.5. The molecule has 0 saturated carbocycles. The van der Waals surface area contributed by atoms with Crippen LogP contribution in [0.3, 0.4) is 0 Å². The Kier molecular flexibility index (Phi) is 6.86. The number of nitrogens with zero attached hydrogens (tertiary/aromatic N) is 5. The van der Waals surface area contributed by atoms with Crippen molar-refractivity contribution in [2.24, 2.45) is 4.99 Å². The number of anilines is 1. The third-order valence-corrected chi connectivity index (χ3v) is 6.36. The summed E-state index contributed by atoms with van der Waals surface area (Å²) in [6, 6.07) is 10.3. The van der Waals surface area contributed by atoms with Crippen LogP contribution in [0.4, 0.5) is 5.95 Å². The second-order valence-corrected chi connectivity index (χ2v) is 8.04. The van der Waals surface area contributed by atoms with E-state index >= 15 is 0 Å². The first-order valence-corrected chi connectivity index (χ1v) is 10.9. The van der Waals surface area contributed by atoms with E-state index in [0.717, 1.165) is 76.4 Å². The van der Waals surface area contributed by atoms with Crippen LogP contribution in [0.15, 0.2) is 47.7 Å². The van der Waals surface area contributed by atoms with Gasteiger partial charge in [-0.3, -0.25) is 4.99 Å². The number of hydrogen-bond donors (Lipinski definition) is 1. The fraction of sp³-hybridized carbons (Fsp3) is 0.522. The maximum Gasteiger partial charge on any atom is 0.225 e. The van der Waals surface area contributed by atoms with Crippen molar-refractivity contribution in [2.45, 2.75) is 18.3 Å². The van der Waals surface area contributed by atoms with E-state index in [-0.39, 0.29) is 5.41 Å². The van der Waals surface area contributed by atoms with Gasteiger partial charge in [0.05, 0.1) is 7.11 Å². The standard InChI is InChI=1S/C23H32N6O2/c1-24-21(28-12-14-29(15-13-28)22-25-10-3-11-26-22)27-18-23(8-16-31-17-9-23)19-4-6-20(30-2)7-5-19/h3-7,10-11H,8-9,12-18H2,1-2H3,(H,24,27). The van der Waals surface area contributed by atoms with Crippen molar-refractivity contribution in [2.75, 3.05) is 65.0 Å². The lowest BCUT2D eigenvalue weighted by Gasteiger charge is -2.40. The summed E-state index contributed by atoms with van der Waals surface area (Å²) in [7, 11) is 3.56. The van der Waals surface area contributed by atoms with Crippen LogP contribution in [-0.4, -0.2) is 80.9 Å². The molecule has 1 N–H and O–H groups in total. The van der Waals surface area contributed by atoms with Crippen LogP contribution in [0.1, 0.15) is 18.4 Å². The average Bonchev–Trinajstić information content (AvgIpc) is 2.86. The largest absolute Gasteiger partial charge is 0.497 e. The van der Waals surface area contributed by atoms with Crippen molar-refractivity contribution in [3.05, 3.63) is 48.3 Å². The second-order valence-electron chi connectivity index (χ2n) is 8.04. The molecule has 0 radical (unpaired) electrons. The van der Waals surface area contributed by atoms with Crippen LogP contribution >= 0.6 is 0 Å². The van der Waals surface area contributed by atoms with E-state index in [9.17, 15) is 0 Å². The van der Waals surface area contributed by atoms with Crippen LogP contribution in [-0.2, 0) is 10.2 Å². The SMILES string of the molecule is CN=C(NCC1(c2ccc(OC)cc2)CCOCC1)N1CCN(c2ncccn2)CC1. The van der Waals surface area contributed by atoms with Gasteiger partial charge in [-0.15, -0.1) is 0 Å². The van der Waals surface area contributed by atoms with E-state index in [1.54, 1.807) is 19.5 Å². The molecule has 2 aliphatic heterocycles. The molecule has 2 fully saturated rings. The molecule has 2 aliphatic rings. The van der Waals surface area contributed by atoms with Crippen molar-refractivity contribution in [1.82, 2.24) is 20.2 Å². The number of hydrogen-bond acceptors (Lipinski definition) is 6. The van der Waals surface area contributed by atoms with Gasteiger partial charge in [0.15, 0.2) is 5.96 Å². The second kappa shape index (κ2) is 9.96. The zero-order valence-electron chi connectivity index (χ0n) is 18.5. The van der Waals surface area contributed by atoms with Crippen molar-refractivity contribution < 1.29 is 9.47 Å². The number of ether oxygens (including phenoxy) is 2. The lowest BCUT2D eigenvalue weighted by molar-refractivity contribution is 0.0511. The van der Waals surface area contributed by atoms with E-state index in [1.165, 1.54) is 5.56 Å². The summed E-state index contributed by atoms with van der Waals surface area (Å²) in [5, 5.41) is 3.67. The Labute approximate surface area is 184 Å². The summed E-state index contributed by atoms with van der Waals surface area (Å²) < 4.78 is 11.0. The molecule has 3 heterocycles. The highest BCUT2D eigenvalue weighted by Crippen LogP contribution is 2.35. The summed E-state index contributed by atoms with van der Waals surface area (Å²) in [4.78, 5) is 17.9. The van der Waals surface area contributed by atoms with Gasteiger partial charge in [0.2, 0.25) is 5.95 Å². The first-order valence-electron chi connectivity index (χ1n) is 10.9. The number of guanidine groups is 1. The van der Waals surface area contributed by atoms with Crippen LogP contribution in [0.25, 0.3) is 0 Å². The molecule has 0 atom stereocenters. The number of piperazine rings is 1. The number of benzene rings is 1. The Morgan fingerprint density at radius 2 is 1.77 bits per heavy atom. The van der Waals surface area contributed by atoms with Gasteiger partial charge in [-0.05, 0) is 36.6 Å². The minimum atomic E-state index is 0.0279. The fourth-order valence-corrected chi connectivity index (χ4v) is 4.43. The van der Waals surface area contributed by atoms with E-state index in [1.807, 2.05) is 25.2 Å². The Morgan fingerprint density at radius 3 is 2.39 bits per heavy atom. The summed E-state index contributed by atoms with van der Waals surface area (Å²) >= 11 is 0. The maximum absolute atomic E-state index is 5.68. The molecule has 8 nitrogen and oxygen atoms in total. The lowest BCUT2D eigenvalue weighted by Crippen LogP contribution is -2.55.